The van der Waals surface area contributed by atoms with Crippen molar-refractivity contribution in [2.75, 3.05) is 22.5 Å². The SMILES string of the molecule is CC(=O)Nc1cccc(-c2ccc3c(c2)CCCN3C(C)=O)c1.Cc1nnc(-c2ccc(N)cc2)o1. The standard InChI is InChI=1S/C19H20N2O2.C9H9N3O/c1-13(22)20-18-7-3-5-15(12-18)16-8-9-19-17(11-16)6-4-10-21(19)14(2)23;1-6-11-12-9(13-6)7-2-4-8(10)5-3-7/h3,5,7-9,11-12H,4,6,10H2,1-2H3,(H,20,22);2-5H,10H2,1H3. The van der Waals surface area contributed by atoms with E-state index in [0.29, 0.717) is 11.8 Å². The molecule has 8 nitrogen and oxygen atoms in total. The molecule has 0 fully saturated rings. The number of nitrogens with zero attached hydrogens (tertiary/aromatic N) is 3. The van der Waals surface area contributed by atoms with E-state index in [1.807, 2.05) is 53.4 Å². The lowest BCUT2D eigenvalue weighted by Gasteiger charge is -2.29. The van der Waals surface area contributed by atoms with Gasteiger partial charge in [0.2, 0.25) is 23.6 Å². The summed E-state index contributed by atoms with van der Waals surface area (Å²) in [7, 11) is 0. The Hall–Kier alpha value is -4.46. The van der Waals surface area contributed by atoms with Crippen LogP contribution in [0.2, 0.25) is 0 Å². The van der Waals surface area contributed by atoms with Gasteiger partial charge in [-0.25, -0.2) is 0 Å². The molecule has 1 aromatic heterocycles. The second-order valence-electron chi connectivity index (χ2n) is 8.63. The summed E-state index contributed by atoms with van der Waals surface area (Å²) in [6, 6.07) is 21.3. The number of hydrogen-bond acceptors (Lipinski definition) is 6. The minimum absolute atomic E-state index is 0.0790. The number of amides is 2. The molecule has 184 valence electrons. The molecular formula is C28H29N5O3. The summed E-state index contributed by atoms with van der Waals surface area (Å²) >= 11 is 0. The summed E-state index contributed by atoms with van der Waals surface area (Å²) in [4.78, 5) is 24.8. The van der Waals surface area contributed by atoms with Crippen LogP contribution < -0.4 is 16.0 Å². The highest BCUT2D eigenvalue weighted by Crippen LogP contribution is 2.32. The molecule has 36 heavy (non-hydrogen) atoms. The number of fused-ring (bicyclic) bond motifs is 1. The van der Waals surface area contributed by atoms with Crippen LogP contribution in [-0.2, 0) is 16.0 Å². The van der Waals surface area contributed by atoms with E-state index in [4.69, 9.17) is 10.2 Å². The summed E-state index contributed by atoms with van der Waals surface area (Å²) in [5.41, 5.74) is 12.3. The summed E-state index contributed by atoms with van der Waals surface area (Å²) in [6.07, 6.45) is 1.97. The zero-order valence-corrected chi connectivity index (χ0v) is 20.6. The van der Waals surface area contributed by atoms with Crippen LogP contribution in [0.15, 0.2) is 71.1 Å². The number of anilines is 3. The lowest BCUT2D eigenvalue weighted by atomic mass is 9.96. The minimum Gasteiger partial charge on any atom is -0.421 e. The van der Waals surface area contributed by atoms with E-state index in [1.54, 1.807) is 26.0 Å². The Bertz CT molecular complexity index is 1380. The molecule has 8 heteroatoms. The van der Waals surface area contributed by atoms with Crippen LogP contribution in [0.1, 0.15) is 31.7 Å². The second kappa shape index (κ2) is 10.9. The Labute approximate surface area is 210 Å². The first-order valence-corrected chi connectivity index (χ1v) is 11.8. The lowest BCUT2D eigenvalue weighted by Crippen LogP contribution is -2.33. The molecule has 0 saturated carbocycles. The van der Waals surface area contributed by atoms with Crippen molar-refractivity contribution in [3.63, 3.8) is 0 Å². The van der Waals surface area contributed by atoms with Gasteiger partial charge in [-0.05, 0) is 78.1 Å². The zero-order valence-electron chi connectivity index (χ0n) is 20.6. The van der Waals surface area contributed by atoms with Crippen LogP contribution in [0.4, 0.5) is 17.1 Å². The minimum atomic E-state index is -0.0790. The molecule has 0 bridgehead atoms. The lowest BCUT2D eigenvalue weighted by molar-refractivity contribution is -0.116. The van der Waals surface area contributed by atoms with E-state index in [0.717, 1.165) is 53.1 Å². The third kappa shape index (κ3) is 5.96. The highest BCUT2D eigenvalue weighted by atomic mass is 16.4. The fraction of sp³-hybridized carbons (Fsp3) is 0.214. The Balaban J connectivity index is 0.000000197. The maximum atomic E-state index is 11.7. The van der Waals surface area contributed by atoms with E-state index < -0.39 is 0 Å². The number of nitrogens with one attached hydrogen (secondary N) is 1. The fourth-order valence-corrected chi connectivity index (χ4v) is 4.12. The number of rotatable bonds is 3. The van der Waals surface area contributed by atoms with Gasteiger partial charge < -0.3 is 20.4 Å². The molecule has 1 aliphatic heterocycles. The largest absolute Gasteiger partial charge is 0.421 e. The molecule has 1 aliphatic rings. The van der Waals surface area contributed by atoms with E-state index in [9.17, 15) is 9.59 Å². The van der Waals surface area contributed by atoms with Crippen LogP contribution in [-0.4, -0.2) is 28.6 Å². The molecule has 3 N–H and O–H groups in total. The Morgan fingerprint density at radius 3 is 2.33 bits per heavy atom. The molecule has 4 aromatic rings. The maximum Gasteiger partial charge on any atom is 0.247 e. The predicted molar refractivity (Wildman–Crippen MR) is 141 cm³/mol. The summed E-state index contributed by atoms with van der Waals surface area (Å²) in [6.45, 7) is 5.66. The van der Waals surface area contributed by atoms with Crippen LogP contribution in [0.5, 0.6) is 0 Å². The van der Waals surface area contributed by atoms with Gasteiger partial charge in [0.15, 0.2) is 0 Å². The molecule has 5 rings (SSSR count). The molecule has 0 unspecified atom stereocenters. The summed E-state index contributed by atoms with van der Waals surface area (Å²) in [5.74, 6) is 1.10. The van der Waals surface area contributed by atoms with Crippen molar-refractivity contribution in [1.82, 2.24) is 10.2 Å². The molecule has 0 radical (unpaired) electrons. The second-order valence-corrected chi connectivity index (χ2v) is 8.63. The average molecular weight is 484 g/mol. The van der Waals surface area contributed by atoms with Gasteiger partial charge in [0.1, 0.15) is 0 Å². The Morgan fingerprint density at radius 2 is 1.67 bits per heavy atom. The van der Waals surface area contributed by atoms with Crippen molar-refractivity contribution >= 4 is 28.9 Å². The van der Waals surface area contributed by atoms with Gasteiger partial charge in [-0.3, -0.25) is 9.59 Å². The highest BCUT2D eigenvalue weighted by Gasteiger charge is 2.20. The van der Waals surface area contributed by atoms with Gasteiger partial charge in [-0.15, -0.1) is 10.2 Å². The number of benzene rings is 3. The molecule has 2 heterocycles. The molecule has 3 aromatic carbocycles. The van der Waals surface area contributed by atoms with E-state index in [1.165, 1.54) is 12.5 Å². The third-order valence-corrected chi connectivity index (χ3v) is 5.78. The average Bonchev–Trinajstić information content (AvgIpc) is 3.30. The smallest absolute Gasteiger partial charge is 0.247 e. The zero-order chi connectivity index (χ0) is 25.7. The Kier molecular flexibility index (Phi) is 7.44. The van der Waals surface area contributed by atoms with Crippen LogP contribution in [0.3, 0.4) is 0 Å². The number of hydrogen-bond donors (Lipinski definition) is 2. The van der Waals surface area contributed by atoms with Crippen molar-refractivity contribution in [3.05, 3.63) is 78.2 Å². The van der Waals surface area contributed by atoms with Gasteiger partial charge in [0.25, 0.3) is 0 Å². The van der Waals surface area contributed by atoms with Gasteiger partial charge in [0, 0.05) is 49.9 Å². The topological polar surface area (TPSA) is 114 Å². The molecule has 0 saturated heterocycles. The van der Waals surface area contributed by atoms with Crippen molar-refractivity contribution in [3.8, 4) is 22.6 Å². The molecule has 0 spiro atoms. The number of aryl methyl sites for hydroxylation is 2. The highest BCUT2D eigenvalue weighted by molar-refractivity contribution is 5.93. The van der Waals surface area contributed by atoms with Crippen molar-refractivity contribution in [1.29, 1.82) is 0 Å². The van der Waals surface area contributed by atoms with E-state index >= 15 is 0 Å². The van der Waals surface area contributed by atoms with Gasteiger partial charge >= 0.3 is 0 Å². The van der Waals surface area contributed by atoms with Crippen LogP contribution in [0, 0.1) is 6.92 Å². The monoisotopic (exact) mass is 483 g/mol. The van der Waals surface area contributed by atoms with Gasteiger partial charge in [-0.2, -0.15) is 0 Å². The fourth-order valence-electron chi connectivity index (χ4n) is 4.12. The van der Waals surface area contributed by atoms with Gasteiger partial charge in [-0.1, -0.05) is 18.2 Å². The first-order valence-electron chi connectivity index (χ1n) is 11.8. The van der Waals surface area contributed by atoms with Crippen LogP contribution in [0.25, 0.3) is 22.6 Å². The van der Waals surface area contributed by atoms with E-state index in [-0.39, 0.29) is 11.8 Å². The first-order chi connectivity index (χ1) is 17.3. The third-order valence-electron chi connectivity index (χ3n) is 5.78. The molecular weight excluding hydrogens is 454 g/mol. The maximum absolute atomic E-state index is 11.7. The summed E-state index contributed by atoms with van der Waals surface area (Å²) in [5, 5.41) is 10.4. The molecule has 2 amide bonds. The predicted octanol–water partition coefficient (Wildman–Crippen LogP) is 5.24. The van der Waals surface area contributed by atoms with Crippen molar-refractivity contribution in [2.45, 2.75) is 33.6 Å². The number of nitrogens with two attached hydrogens (primary N) is 1. The number of aromatic nitrogens is 2. The first kappa shape index (κ1) is 24.7. The molecule has 0 aliphatic carbocycles. The van der Waals surface area contributed by atoms with Crippen molar-refractivity contribution in [2.24, 2.45) is 0 Å². The Morgan fingerprint density at radius 1 is 0.944 bits per heavy atom. The van der Waals surface area contributed by atoms with Crippen molar-refractivity contribution < 1.29 is 14.0 Å². The molecule has 0 atom stereocenters. The number of nitrogen functional groups attached to an aromatic ring is 1. The van der Waals surface area contributed by atoms with E-state index in [2.05, 4.69) is 21.6 Å². The summed E-state index contributed by atoms with van der Waals surface area (Å²) < 4.78 is 5.25. The van der Waals surface area contributed by atoms with Gasteiger partial charge in [0.05, 0.1) is 0 Å². The number of carbonyl (C=O) groups is 2. The number of carbonyl (C=O) groups excluding carboxylic acids is 2. The van der Waals surface area contributed by atoms with Crippen LogP contribution >= 0.6 is 0 Å². The normalized spacial score (nSPS) is 12.2. The quantitative estimate of drug-likeness (QED) is 0.385.